The summed E-state index contributed by atoms with van der Waals surface area (Å²) < 4.78 is 15.6. The van der Waals surface area contributed by atoms with E-state index in [1.807, 2.05) is 90.2 Å². The van der Waals surface area contributed by atoms with E-state index in [9.17, 15) is 0 Å². The van der Waals surface area contributed by atoms with Crippen molar-refractivity contribution in [1.82, 2.24) is 15.0 Å². The Morgan fingerprint density at radius 2 is 0.965 bits per heavy atom. The van der Waals surface area contributed by atoms with Crippen LogP contribution in [0.3, 0.4) is 0 Å². The van der Waals surface area contributed by atoms with Crippen molar-refractivity contribution in [2.75, 3.05) is 0 Å². The van der Waals surface area contributed by atoms with Crippen LogP contribution in [0.5, 0.6) is 0 Å². The summed E-state index contributed by atoms with van der Waals surface area (Å²) in [6.45, 7) is 0. The highest BCUT2D eigenvalue weighted by Crippen LogP contribution is 2.47. The molecule has 0 aliphatic heterocycles. The highest BCUT2D eigenvalue weighted by Gasteiger charge is 2.20. The topological polar surface area (TPSA) is 65.0 Å². The fourth-order valence-corrected chi connectivity index (χ4v) is 9.52. The Bertz CT molecular complexity index is 3470. The van der Waals surface area contributed by atoms with E-state index < -0.39 is 0 Å². The van der Waals surface area contributed by atoms with Gasteiger partial charge in [-0.2, -0.15) is 0 Å². The number of thiophene rings is 1. The van der Waals surface area contributed by atoms with Crippen LogP contribution in [-0.2, 0) is 0 Å². The number of rotatable bonds is 5. The van der Waals surface area contributed by atoms with Gasteiger partial charge in [0.15, 0.2) is 17.5 Å². The van der Waals surface area contributed by atoms with Crippen LogP contribution in [0.4, 0.5) is 0 Å². The Balaban J connectivity index is 1.00. The van der Waals surface area contributed by atoms with Crippen LogP contribution in [0.2, 0.25) is 0 Å². The third kappa shape index (κ3) is 5.12. The lowest BCUT2D eigenvalue weighted by molar-refractivity contribution is 0.669. The molecule has 0 saturated heterocycles. The number of benzene rings is 8. The molecule has 0 aliphatic carbocycles. The minimum absolute atomic E-state index is 0.593. The molecule has 4 heterocycles. The maximum absolute atomic E-state index is 6.54. The van der Waals surface area contributed by atoms with E-state index in [0.717, 1.165) is 71.7 Å². The van der Waals surface area contributed by atoms with Gasteiger partial charge in [0.25, 0.3) is 0 Å². The zero-order chi connectivity index (χ0) is 37.5. The maximum Gasteiger partial charge on any atom is 0.164 e. The quantitative estimate of drug-likeness (QED) is 0.175. The molecule has 5 nitrogen and oxygen atoms in total. The van der Waals surface area contributed by atoms with Crippen LogP contribution < -0.4 is 0 Å². The van der Waals surface area contributed by atoms with Gasteiger partial charge in [0.05, 0.1) is 0 Å². The van der Waals surface area contributed by atoms with Gasteiger partial charge in [-0.25, -0.2) is 15.0 Å². The highest BCUT2D eigenvalue weighted by molar-refractivity contribution is 7.26. The van der Waals surface area contributed by atoms with Gasteiger partial charge in [0.1, 0.15) is 22.3 Å². The second kappa shape index (κ2) is 12.6. The van der Waals surface area contributed by atoms with Gasteiger partial charge < -0.3 is 8.83 Å². The fraction of sp³-hybridized carbons (Fsp3) is 0. The number of hydrogen-bond acceptors (Lipinski definition) is 6. The molecule has 0 atom stereocenters. The van der Waals surface area contributed by atoms with Crippen LogP contribution in [0.1, 0.15) is 0 Å². The van der Waals surface area contributed by atoms with Crippen molar-refractivity contribution in [3.8, 4) is 56.4 Å². The smallest absolute Gasteiger partial charge is 0.164 e. The summed E-state index contributed by atoms with van der Waals surface area (Å²) in [5, 5.41) is 6.85. The van der Waals surface area contributed by atoms with Crippen LogP contribution in [0.25, 0.3) is 120 Å². The second-order valence-electron chi connectivity index (χ2n) is 14.3. The number of nitrogens with zero attached hydrogens (tertiary/aromatic N) is 3. The first-order chi connectivity index (χ1) is 28.2. The Hall–Kier alpha value is -7.41. The molecule has 6 heteroatoms. The molecule has 12 aromatic rings. The first-order valence-corrected chi connectivity index (χ1v) is 19.7. The third-order valence-corrected chi connectivity index (χ3v) is 12.2. The molecule has 0 bridgehead atoms. The molecule has 4 aromatic heterocycles. The maximum atomic E-state index is 6.54. The Kier molecular flexibility index (Phi) is 7.03. The lowest BCUT2D eigenvalue weighted by Gasteiger charge is -2.10. The summed E-state index contributed by atoms with van der Waals surface area (Å²) in [4.78, 5) is 14.8. The fourth-order valence-electron chi connectivity index (χ4n) is 8.26. The molecule has 0 radical (unpaired) electrons. The van der Waals surface area contributed by atoms with Gasteiger partial charge in [-0.3, -0.25) is 0 Å². The summed E-state index contributed by atoms with van der Waals surface area (Å²) >= 11 is 1.84. The number of hydrogen-bond donors (Lipinski definition) is 0. The van der Waals surface area contributed by atoms with E-state index in [0.29, 0.717) is 17.5 Å². The molecule has 0 saturated carbocycles. The molecular formula is C51H29N3O2S. The van der Waals surface area contributed by atoms with Crippen LogP contribution >= 0.6 is 11.3 Å². The summed E-state index contributed by atoms with van der Waals surface area (Å²) in [6.07, 6.45) is 0. The molecule has 0 fully saturated rings. The molecule has 0 N–H and O–H groups in total. The molecule has 57 heavy (non-hydrogen) atoms. The summed E-state index contributed by atoms with van der Waals surface area (Å²) in [5.41, 5.74) is 10.7. The van der Waals surface area contributed by atoms with Gasteiger partial charge in [-0.1, -0.05) is 140 Å². The van der Waals surface area contributed by atoms with E-state index in [2.05, 4.69) is 97.1 Å². The Labute approximate surface area is 330 Å². The molecular weight excluding hydrogens is 719 g/mol. The van der Waals surface area contributed by atoms with Crippen molar-refractivity contribution in [2.24, 2.45) is 0 Å². The lowest BCUT2D eigenvalue weighted by atomic mass is 9.93. The zero-order valence-corrected chi connectivity index (χ0v) is 31.1. The molecule has 266 valence electrons. The number of aromatic nitrogens is 3. The van der Waals surface area contributed by atoms with Gasteiger partial charge in [0.2, 0.25) is 0 Å². The van der Waals surface area contributed by atoms with Crippen LogP contribution in [0, 0.1) is 0 Å². The second-order valence-corrected chi connectivity index (χ2v) is 15.4. The minimum Gasteiger partial charge on any atom is -0.456 e. The Morgan fingerprint density at radius 1 is 0.351 bits per heavy atom. The van der Waals surface area contributed by atoms with Crippen molar-refractivity contribution >= 4 is 75.4 Å². The van der Waals surface area contributed by atoms with E-state index in [1.165, 1.54) is 31.3 Å². The SMILES string of the molecule is c1ccc(-c2nc(-c3ccccc3)nc(-c3ccc4c(c3)oc3ccc(-c5ccc(-c6cccc7c6oc6ccccc67)c6sc7ccccc7c56)cc34)n2)cc1. The molecule has 0 unspecified atom stereocenters. The first-order valence-electron chi connectivity index (χ1n) is 18.9. The molecule has 0 aliphatic rings. The van der Waals surface area contributed by atoms with E-state index in [-0.39, 0.29) is 0 Å². The van der Waals surface area contributed by atoms with Crippen molar-refractivity contribution < 1.29 is 8.83 Å². The first kappa shape index (κ1) is 31.9. The average molecular weight is 748 g/mol. The van der Waals surface area contributed by atoms with Crippen LogP contribution in [0.15, 0.2) is 185 Å². The predicted octanol–water partition coefficient (Wildman–Crippen LogP) is 14.4. The summed E-state index contributed by atoms with van der Waals surface area (Å²) in [7, 11) is 0. The van der Waals surface area contributed by atoms with Crippen molar-refractivity contribution in [2.45, 2.75) is 0 Å². The number of para-hydroxylation sites is 2. The minimum atomic E-state index is 0.593. The van der Waals surface area contributed by atoms with Crippen LogP contribution in [-0.4, -0.2) is 15.0 Å². The van der Waals surface area contributed by atoms with Crippen molar-refractivity contribution in [3.05, 3.63) is 176 Å². The monoisotopic (exact) mass is 747 g/mol. The highest BCUT2D eigenvalue weighted by atomic mass is 32.1. The van der Waals surface area contributed by atoms with E-state index >= 15 is 0 Å². The Morgan fingerprint density at radius 3 is 1.75 bits per heavy atom. The molecule has 0 amide bonds. The van der Waals surface area contributed by atoms with E-state index in [4.69, 9.17) is 23.8 Å². The standard InChI is InChI=1S/C51H29N3O2S/c1-3-12-30(13-4-1)49-52-50(31-14-5-2-6-15-31)54-51(53-49)33-22-24-36-41-28-32(23-27-43(41)55-44(36)29-33)34-25-26-39(48-46(34)40-17-8-10-21-45(40)57-48)38-19-11-18-37-35-16-7-9-20-42(35)56-47(37)38/h1-29H. The van der Waals surface area contributed by atoms with Crippen molar-refractivity contribution in [3.63, 3.8) is 0 Å². The average Bonchev–Trinajstić information content (AvgIpc) is 3.98. The van der Waals surface area contributed by atoms with Crippen molar-refractivity contribution in [1.29, 1.82) is 0 Å². The van der Waals surface area contributed by atoms with Gasteiger partial charge in [-0.05, 0) is 47.5 Å². The largest absolute Gasteiger partial charge is 0.456 e. The molecule has 0 spiro atoms. The third-order valence-electron chi connectivity index (χ3n) is 11.0. The van der Waals surface area contributed by atoms with Gasteiger partial charge in [0, 0.05) is 69.5 Å². The summed E-state index contributed by atoms with van der Waals surface area (Å²) in [6, 6.07) is 60.9. The van der Waals surface area contributed by atoms with Gasteiger partial charge >= 0.3 is 0 Å². The normalized spacial score (nSPS) is 11.9. The summed E-state index contributed by atoms with van der Waals surface area (Å²) in [5.74, 6) is 1.85. The lowest BCUT2D eigenvalue weighted by Crippen LogP contribution is -2.00. The number of furan rings is 2. The van der Waals surface area contributed by atoms with Gasteiger partial charge in [-0.15, -0.1) is 11.3 Å². The zero-order valence-electron chi connectivity index (χ0n) is 30.3. The predicted molar refractivity (Wildman–Crippen MR) is 234 cm³/mol. The molecule has 8 aromatic carbocycles. The van der Waals surface area contributed by atoms with E-state index in [1.54, 1.807) is 0 Å². The molecule has 12 rings (SSSR count). The number of fused-ring (bicyclic) bond motifs is 9.